The maximum absolute atomic E-state index is 13.1. The van der Waals surface area contributed by atoms with E-state index >= 15 is 0 Å². The first-order valence-electron chi connectivity index (χ1n) is 8.49. The monoisotopic (exact) mass is 411 g/mol. The molecule has 2 aromatic heterocycles. The highest BCUT2D eigenvalue weighted by Gasteiger charge is 2.28. The van der Waals surface area contributed by atoms with E-state index in [-0.39, 0.29) is 10.8 Å². The van der Waals surface area contributed by atoms with Gasteiger partial charge in [-0.05, 0) is 30.5 Å². The van der Waals surface area contributed by atoms with Crippen LogP contribution < -0.4 is 4.31 Å². The van der Waals surface area contributed by atoms with Gasteiger partial charge in [-0.25, -0.2) is 8.42 Å². The van der Waals surface area contributed by atoms with E-state index < -0.39 is 10.0 Å². The molecule has 142 valence electrons. The lowest BCUT2D eigenvalue weighted by atomic mass is 10.1. The van der Waals surface area contributed by atoms with E-state index in [0.717, 1.165) is 11.1 Å². The van der Waals surface area contributed by atoms with Crippen molar-refractivity contribution in [1.82, 2.24) is 10.1 Å². The van der Waals surface area contributed by atoms with Crippen molar-refractivity contribution in [1.29, 1.82) is 0 Å². The lowest BCUT2D eigenvalue weighted by molar-refractivity contribution is 0.432. The minimum atomic E-state index is -3.77. The average Bonchev–Trinajstić information content (AvgIpc) is 3.38. The molecule has 0 unspecified atom stereocenters. The molecule has 0 spiro atoms. The predicted octanol–water partition coefficient (Wildman–Crippen LogP) is 4.60. The summed E-state index contributed by atoms with van der Waals surface area (Å²) in [7, 11) is -2.25. The summed E-state index contributed by atoms with van der Waals surface area (Å²) in [6, 6.07) is 18.2. The van der Waals surface area contributed by atoms with Crippen LogP contribution in [-0.2, 0) is 10.0 Å². The number of hydrogen-bond acceptors (Lipinski definition) is 6. The number of rotatable bonds is 5. The molecule has 8 heteroatoms. The van der Waals surface area contributed by atoms with E-state index in [4.69, 9.17) is 4.52 Å². The van der Waals surface area contributed by atoms with Crippen LogP contribution in [0.25, 0.3) is 22.2 Å². The van der Waals surface area contributed by atoms with Crippen molar-refractivity contribution < 1.29 is 12.9 Å². The van der Waals surface area contributed by atoms with Crippen molar-refractivity contribution in [3.8, 4) is 22.2 Å². The zero-order chi connectivity index (χ0) is 19.7. The fourth-order valence-corrected chi connectivity index (χ4v) is 5.23. The molecule has 28 heavy (non-hydrogen) atoms. The average molecular weight is 412 g/mol. The Labute approximate surface area is 167 Å². The molecular weight excluding hydrogens is 394 g/mol. The highest BCUT2D eigenvalue weighted by Crippen LogP contribution is 2.35. The van der Waals surface area contributed by atoms with Gasteiger partial charge in [0.2, 0.25) is 5.82 Å². The molecule has 0 bridgehead atoms. The Morgan fingerprint density at radius 3 is 2.43 bits per heavy atom. The molecule has 2 heterocycles. The van der Waals surface area contributed by atoms with Crippen molar-refractivity contribution in [2.45, 2.75) is 11.8 Å². The summed E-state index contributed by atoms with van der Waals surface area (Å²) in [5.41, 5.74) is 2.51. The van der Waals surface area contributed by atoms with Crippen molar-refractivity contribution in [3.63, 3.8) is 0 Å². The number of nitrogens with zero attached hydrogens (tertiary/aromatic N) is 3. The normalized spacial score (nSPS) is 11.5. The van der Waals surface area contributed by atoms with Crippen LogP contribution in [0.2, 0.25) is 0 Å². The van der Waals surface area contributed by atoms with Crippen LogP contribution in [0.1, 0.15) is 5.56 Å². The third kappa shape index (κ3) is 3.32. The minimum Gasteiger partial charge on any atom is -0.333 e. The number of thiophene rings is 1. The third-order valence-corrected chi connectivity index (χ3v) is 7.18. The molecule has 0 aliphatic carbocycles. The number of aryl methyl sites for hydroxylation is 1. The number of hydrogen-bond donors (Lipinski definition) is 0. The van der Waals surface area contributed by atoms with Crippen LogP contribution in [0.3, 0.4) is 0 Å². The summed E-state index contributed by atoms with van der Waals surface area (Å²) in [6.07, 6.45) is 0. The van der Waals surface area contributed by atoms with Crippen molar-refractivity contribution in [3.05, 3.63) is 71.6 Å². The lowest BCUT2D eigenvalue weighted by Crippen LogP contribution is -2.26. The molecule has 0 aliphatic heterocycles. The molecule has 0 amide bonds. The molecule has 6 nitrogen and oxygen atoms in total. The van der Waals surface area contributed by atoms with Crippen LogP contribution in [0, 0.1) is 6.92 Å². The van der Waals surface area contributed by atoms with Gasteiger partial charge >= 0.3 is 0 Å². The second kappa shape index (κ2) is 7.21. The van der Waals surface area contributed by atoms with Gasteiger partial charge in [0, 0.05) is 12.6 Å². The van der Waals surface area contributed by atoms with Crippen LogP contribution in [-0.4, -0.2) is 25.6 Å². The molecule has 0 fully saturated rings. The first-order valence-corrected chi connectivity index (χ1v) is 10.8. The molecule has 4 rings (SSSR count). The summed E-state index contributed by atoms with van der Waals surface area (Å²) >= 11 is 1.25. The summed E-state index contributed by atoms with van der Waals surface area (Å²) < 4.78 is 32.9. The van der Waals surface area contributed by atoms with Gasteiger partial charge in [-0.2, -0.15) is 4.98 Å². The van der Waals surface area contributed by atoms with Crippen LogP contribution in [0.4, 0.5) is 5.69 Å². The van der Waals surface area contributed by atoms with Gasteiger partial charge in [-0.3, -0.25) is 4.31 Å². The molecular formula is C20H17N3O3S2. The summed E-state index contributed by atoms with van der Waals surface area (Å²) in [5, 5.41) is 5.72. The smallest absolute Gasteiger partial charge is 0.269 e. The zero-order valence-electron chi connectivity index (χ0n) is 15.2. The Kier molecular flexibility index (Phi) is 4.74. The molecule has 0 aliphatic rings. The van der Waals surface area contributed by atoms with Gasteiger partial charge in [0.15, 0.2) is 0 Å². The minimum absolute atomic E-state index is 0.142. The standard InChI is InChI=1S/C20H17N3O3S2/c1-14-8-10-15(11-9-14)19-21-20(26-22-19)18-17(12-13-27-18)28(24,25)23(2)16-6-4-3-5-7-16/h3-13H,1-2H3. The van der Waals surface area contributed by atoms with Crippen molar-refractivity contribution >= 4 is 27.0 Å². The second-order valence-corrected chi connectivity index (χ2v) is 9.07. The number of sulfonamides is 1. The Bertz CT molecular complexity index is 1200. The van der Waals surface area contributed by atoms with Gasteiger partial charge in [0.05, 0.1) is 5.69 Å². The number of benzene rings is 2. The summed E-state index contributed by atoms with van der Waals surface area (Å²) in [5.74, 6) is 0.605. The number of anilines is 1. The molecule has 2 aromatic carbocycles. The van der Waals surface area contributed by atoms with E-state index in [2.05, 4.69) is 10.1 Å². The molecule has 0 radical (unpaired) electrons. The highest BCUT2D eigenvalue weighted by atomic mass is 32.2. The largest absolute Gasteiger partial charge is 0.333 e. The van der Waals surface area contributed by atoms with E-state index in [0.29, 0.717) is 16.4 Å². The predicted molar refractivity (Wildman–Crippen MR) is 110 cm³/mol. The molecule has 0 saturated carbocycles. The summed E-state index contributed by atoms with van der Waals surface area (Å²) in [4.78, 5) is 4.97. The maximum Gasteiger partial charge on any atom is 0.269 e. The molecule has 4 aromatic rings. The highest BCUT2D eigenvalue weighted by molar-refractivity contribution is 7.93. The fraction of sp³-hybridized carbons (Fsp3) is 0.100. The van der Waals surface area contributed by atoms with E-state index in [1.54, 1.807) is 35.7 Å². The second-order valence-electron chi connectivity index (χ2n) is 6.21. The maximum atomic E-state index is 13.1. The van der Waals surface area contributed by atoms with Crippen molar-refractivity contribution in [2.24, 2.45) is 0 Å². The SMILES string of the molecule is Cc1ccc(-c2noc(-c3sccc3S(=O)(=O)N(C)c3ccccc3)n2)cc1. The lowest BCUT2D eigenvalue weighted by Gasteiger charge is -2.19. The van der Waals surface area contributed by atoms with Crippen LogP contribution in [0.5, 0.6) is 0 Å². The topological polar surface area (TPSA) is 76.3 Å². The van der Waals surface area contributed by atoms with Crippen LogP contribution in [0.15, 0.2) is 75.5 Å². The zero-order valence-corrected chi connectivity index (χ0v) is 16.9. The number of aromatic nitrogens is 2. The Morgan fingerprint density at radius 2 is 1.71 bits per heavy atom. The van der Waals surface area contributed by atoms with Gasteiger partial charge in [0.1, 0.15) is 9.77 Å². The summed E-state index contributed by atoms with van der Waals surface area (Å²) in [6.45, 7) is 2.00. The number of para-hydroxylation sites is 1. The van der Waals surface area contributed by atoms with E-state index in [9.17, 15) is 8.42 Å². The third-order valence-electron chi connectivity index (χ3n) is 4.32. The first-order chi connectivity index (χ1) is 13.5. The van der Waals surface area contributed by atoms with Gasteiger partial charge in [-0.15, -0.1) is 11.3 Å². The molecule has 0 saturated heterocycles. The Hall–Kier alpha value is -2.97. The van der Waals surface area contributed by atoms with E-state index in [1.807, 2.05) is 37.3 Å². The Morgan fingerprint density at radius 1 is 1.00 bits per heavy atom. The van der Waals surface area contributed by atoms with E-state index in [1.165, 1.54) is 22.7 Å². The quantitative estimate of drug-likeness (QED) is 0.480. The van der Waals surface area contributed by atoms with Gasteiger partial charge in [-0.1, -0.05) is 53.2 Å². The fourth-order valence-electron chi connectivity index (χ4n) is 2.72. The first kappa shape index (κ1) is 18.4. The Balaban J connectivity index is 1.71. The molecule has 0 atom stereocenters. The molecule has 0 N–H and O–H groups in total. The van der Waals surface area contributed by atoms with Crippen LogP contribution >= 0.6 is 11.3 Å². The van der Waals surface area contributed by atoms with Gasteiger partial charge in [0.25, 0.3) is 15.9 Å². The van der Waals surface area contributed by atoms with Gasteiger partial charge < -0.3 is 4.52 Å². The van der Waals surface area contributed by atoms with Crippen molar-refractivity contribution in [2.75, 3.05) is 11.4 Å².